The molecule has 0 aromatic heterocycles. The lowest BCUT2D eigenvalue weighted by Crippen LogP contribution is -2.37. The number of carbonyl (C=O) groups is 1. The molecule has 1 saturated heterocycles. The van der Waals surface area contributed by atoms with Gasteiger partial charge in [0, 0.05) is 32.6 Å². The monoisotopic (exact) mass is 362 g/mol. The Hall–Kier alpha value is -2.34. The quantitative estimate of drug-likeness (QED) is 0.869. The van der Waals surface area contributed by atoms with Gasteiger partial charge in [-0.05, 0) is 35.2 Å². The third-order valence-corrected chi connectivity index (χ3v) is 4.84. The minimum absolute atomic E-state index is 0.192. The summed E-state index contributed by atoms with van der Waals surface area (Å²) in [5, 5.41) is 3.36. The van der Waals surface area contributed by atoms with Gasteiger partial charge in [-0.3, -0.25) is 4.79 Å². The first-order chi connectivity index (χ1) is 12.3. The van der Waals surface area contributed by atoms with Gasteiger partial charge in [0.2, 0.25) is 5.91 Å². The van der Waals surface area contributed by atoms with Gasteiger partial charge < -0.3 is 10.2 Å². The molecule has 0 saturated carbocycles. The number of hydrogen-bond donors (Lipinski definition) is 1. The molecule has 2 aromatic carbocycles. The Bertz CT molecular complexity index is 754. The van der Waals surface area contributed by atoms with E-state index in [2.05, 4.69) is 5.32 Å². The SMILES string of the molecule is CN1C(=O)CCC1CNCc1ccc(-c2ccc(C(F)(F)F)cc2)cc1. The second-order valence-electron chi connectivity index (χ2n) is 6.60. The molecular weight excluding hydrogens is 341 g/mol. The summed E-state index contributed by atoms with van der Waals surface area (Å²) >= 11 is 0. The number of likely N-dealkylation sites (N-methyl/N-ethyl adjacent to an activating group) is 1. The highest BCUT2D eigenvalue weighted by Crippen LogP contribution is 2.31. The van der Waals surface area contributed by atoms with Gasteiger partial charge in [-0.1, -0.05) is 36.4 Å². The molecule has 1 heterocycles. The Kier molecular flexibility index (Phi) is 5.32. The number of halogens is 3. The Balaban J connectivity index is 1.56. The predicted octanol–water partition coefficient (Wildman–Crippen LogP) is 4.08. The molecule has 1 unspecified atom stereocenters. The molecule has 3 nitrogen and oxygen atoms in total. The maximum atomic E-state index is 12.6. The molecular formula is C20H21F3N2O. The van der Waals surface area contributed by atoms with Crippen molar-refractivity contribution in [2.75, 3.05) is 13.6 Å². The van der Waals surface area contributed by atoms with E-state index in [9.17, 15) is 18.0 Å². The molecule has 1 fully saturated rings. The van der Waals surface area contributed by atoms with Gasteiger partial charge in [0.15, 0.2) is 0 Å². The van der Waals surface area contributed by atoms with Crippen LogP contribution in [0.5, 0.6) is 0 Å². The van der Waals surface area contributed by atoms with Gasteiger partial charge in [0.25, 0.3) is 0 Å². The third kappa shape index (κ3) is 4.25. The summed E-state index contributed by atoms with van der Waals surface area (Å²) < 4.78 is 37.9. The second kappa shape index (κ2) is 7.50. The zero-order chi connectivity index (χ0) is 18.7. The Morgan fingerprint density at radius 1 is 1.04 bits per heavy atom. The van der Waals surface area contributed by atoms with Crippen molar-refractivity contribution >= 4 is 5.91 Å². The minimum atomic E-state index is -4.31. The molecule has 0 aliphatic carbocycles. The Morgan fingerprint density at radius 2 is 1.62 bits per heavy atom. The van der Waals surface area contributed by atoms with Gasteiger partial charge in [0.05, 0.1) is 5.56 Å². The van der Waals surface area contributed by atoms with Crippen LogP contribution in [0.15, 0.2) is 48.5 Å². The molecule has 0 radical (unpaired) electrons. The average Bonchev–Trinajstić information content (AvgIpc) is 2.94. The fraction of sp³-hybridized carbons (Fsp3) is 0.350. The van der Waals surface area contributed by atoms with Crippen molar-refractivity contribution in [2.24, 2.45) is 0 Å². The lowest BCUT2D eigenvalue weighted by molar-refractivity contribution is -0.137. The van der Waals surface area contributed by atoms with Gasteiger partial charge >= 0.3 is 6.18 Å². The van der Waals surface area contributed by atoms with Gasteiger partial charge in [0.1, 0.15) is 0 Å². The number of likely N-dealkylation sites (tertiary alicyclic amines) is 1. The molecule has 0 bridgehead atoms. The maximum absolute atomic E-state index is 12.6. The standard InChI is InChI=1S/C20H21F3N2O/c1-25-18(10-11-19(25)26)13-24-12-14-2-4-15(5-3-14)16-6-8-17(9-7-16)20(21,22)23/h2-9,18,24H,10-13H2,1H3. The summed E-state index contributed by atoms with van der Waals surface area (Å²) in [4.78, 5) is 13.3. The van der Waals surface area contributed by atoms with Gasteiger partial charge in [-0.15, -0.1) is 0 Å². The first-order valence-electron chi connectivity index (χ1n) is 8.57. The van der Waals surface area contributed by atoms with Crippen molar-refractivity contribution in [1.82, 2.24) is 10.2 Å². The highest BCUT2D eigenvalue weighted by Gasteiger charge is 2.30. The summed E-state index contributed by atoms with van der Waals surface area (Å²) in [5.41, 5.74) is 2.08. The van der Waals surface area contributed by atoms with Crippen molar-refractivity contribution < 1.29 is 18.0 Å². The first-order valence-corrected chi connectivity index (χ1v) is 8.57. The summed E-state index contributed by atoms with van der Waals surface area (Å²) in [6, 6.07) is 13.2. The van der Waals surface area contributed by atoms with Crippen LogP contribution in [0, 0.1) is 0 Å². The van der Waals surface area contributed by atoms with Crippen LogP contribution in [0.1, 0.15) is 24.0 Å². The van der Waals surface area contributed by atoms with E-state index in [4.69, 9.17) is 0 Å². The normalized spacial score (nSPS) is 17.8. The molecule has 1 N–H and O–H groups in total. The average molecular weight is 362 g/mol. The molecule has 138 valence electrons. The minimum Gasteiger partial charge on any atom is -0.341 e. The predicted molar refractivity (Wildman–Crippen MR) is 94.4 cm³/mol. The van der Waals surface area contributed by atoms with Crippen LogP contribution in [0.3, 0.4) is 0 Å². The number of carbonyl (C=O) groups excluding carboxylic acids is 1. The molecule has 2 aromatic rings. The molecule has 1 aliphatic rings. The van der Waals surface area contributed by atoms with Crippen LogP contribution in [-0.4, -0.2) is 30.4 Å². The number of nitrogens with one attached hydrogen (secondary N) is 1. The number of hydrogen-bond acceptors (Lipinski definition) is 2. The number of rotatable bonds is 5. The molecule has 6 heteroatoms. The van der Waals surface area contributed by atoms with Crippen molar-refractivity contribution in [3.63, 3.8) is 0 Å². The lowest BCUT2D eigenvalue weighted by atomic mass is 10.0. The van der Waals surface area contributed by atoms with E-state index in [0.717, 1.165) is 41.8 Å². The van der Waals surface area contributed by atoms with Crippen LogP contribution in [0.4, 0.5) is 13.2 Å². The van der Waals surface area contributed by atoms with E-state index in [1.54, 1.807) is 4.90 Å². The number of benzene rings is 2. The number of alkyl halides is 3. The smallest absolute Gasteiger partial charge is 0.341 e. The molecule has 3 rings (SSSR count). The maximum Gasteiger partial charge on any atom is 0.416 e. The second-order valence-corrected chi connectivity index (χ2v) is 6.60. The van der Waals surface area contributed by atoms with Crippen LogP contribution >= 0.6 is 0 Å². The zero-order valence-corrected chi connectivity index (χ0v) is 14.5. The summed E-state index contributed by atoms with van der Waals surface area (Å²) in [5.74, 6) is 0.192. The van der Waals surface area contributed by atoms with E-state index in [1.807, 2.05) is 31.3 Å². The van der Waals surface area contributed by atoms with E-state index >= 15 is 0 Å². The van der Waals surface area contributed by atoms with E-state index < -0.39 is 11.7 Å². The lowest BCUT2D eigenvalue weighted by Gasteiger charge is -2.20. The fourth-order valence-electron chi connectivity index (χ4n) is 3.15. The van der Waals surface area contributed by atoms with Crippen molar-refractivity contribution in [3.8, 4) is 11.1 Å². The summed E-state index contributed by atoms with van der Waals surface area (Å²) in [6.07, 6.45) is -2.81. The van der Waals surface area contributed by atoms with Crippen molar-refractivity contribution in [1.29, 1.82) is 0 Å². The van der Waals surface area contributed by atoms with Crippen LogP contribution in [-0.2, 0) is 17.5 Å². The summed E-state index contributed by atoms with van der Waals surface area (Å²) in [6.45, 7) is 1.44. The number of amides is 1. The molecule has 0 spiro atoms. The Morgan fingerprint density at radius 3 is 2.12 bits per heavy atom. The first kappa shape index (κ1) is 18.5. The molecule has 1 amide bonds. The van der Waals surface area contributed by atoms with Gasteiger partial charge in [-0.25, -0.2) is 0 Å². The van der Waals surface area contributed by atoms with Crippen molar-refractivity contribution in [3.05, 3.63) is 59.7 Å². The Labute approximate surface area is 150 Å². The zero-order valence-electron chi connectivity index (χ0n) is 14.5. The van der Waals surface area contributed by atoms with Crippen LogP contribution < -0.4 is 5.32 Å². The largest absolute Gasteiger partial charge is 0.416 e. The molecule has 1 aliphatic heterocycles. The van der Waals surface area contributed by atoms with E-state index in [-0.39, 0.29) is 11.9 Å². The highest BCUT2D eigenvalue weighted by atomic mass is 19.4. The van der Waals surface area contributed by atoms with E-state index in [1.165, 1.54) is 12.1 Å². The van der Waals surface area contributed by atoms with Crippen molar-refractivity contribution in [2.45, 2.75) is 31.6 Å². The summed E-state index contributed by atoms with van der Waals surface area (Å²) in [7, 11) is 1.83. The van der Waals surface area contributed by atoms with Crippen LogP contribution in [0.2, 0.25) is 0 Å². The number of nitrogens with zero attached hydrogens (tertiary/aromatic N) is 1. The molecule has 1 atom stereocenters. The highest BCUT2D eigenvalue weighted by molar-refractivity contribution is 5.78. The molecule has 26 heavy (non-hydrogen) atoms. The third-order valence-electron chi connectivity index (χ3n) is 4.84. The van der Waals surface area contributed by atoms with E-state index in [0.29, 0.717) is 13.0 Å². The van der Waals surface area contributed by atoms with Crippen LogP contribution in [0.25, 0.3) is 11.1 Å². The van der Waals surface area contributed by atoms with Gasteiger partial charge in [-0.2, -0.15) is 13.2 Å². The fourth-order valence-corrected chi connectivity index (χ4v) is 3.15. The topological polar surface area (TPSA) is 32.3 Å².